The Morgan fingerprint density at radius 2 is 1.57 bits per heavy atom. The van der Waals surface area contributed by atoms with Crippen LogP contribution in [0.2, 0.25) is 0 Å². The SMILES string of the molecule is COCCOC(=O)C1=C(C)N(C(=O)OC(C)OC(=O)/C=C/C(=O)[O-])C(C)=C(C(=O)OC(C)C)C1c1cccc([N+](=O)[O-])c1.[K+]. The summed E-state index contributed by atoms with van der Waals surface area (Å²) in [6.07, 6.45) is -2.40. The largest absolute Gasteiger partial charge is 1.00 e. The number of carbonyl (C=O) groups is 5. The Morgan fingerprint density at radius 3 is 2.11 bits per heavy atom. The number of rotatable bonds is 12. The zero-order valence-electron chi connectivity index (χ0n) is 25.3. The molecule has 1 aromatic carbocycles. The Morgan fingerprint density at radius 1 is 0.955 bits per heavy atom. The molecule has 0 bridgehead atoms. The van der Waals surface area contributed by atoms with Crippen LogP contribution < -0.4 is 56.5 Å². The molecule has 2 atom stereocenters. The van der Waals surface area contributed by atoms with Crippen LogP contribution in [0.3, 0.4) is 0 Å². The van der Waals surface area contributed by atoms with Gasteiger partial charge >= 0.3 is 75.4 Å². The number of hydrogen-bond donors (Lipinski definition) is 0. The molecule has 16 heteroatoms. The number of aliphatic carboxylic acids is 1. The van der Waals surface area contributed by atoms with Crippen LogP contribution >= 0.6 is 0 Å². The zero-order valence-corrected chi connectivity index (χ0v) is 28.4. The van der Waals surface area contributed by atoms with E-state index in [9.17, 15) is 39.2 Å². The van der Waals surface area contributed by atoms with Gasteiger partial charge in [0.05, 0.1) is 40.7 Å². The molecular weight excluding hydrogens is 611 g/mol. The number of esters is 3. The number of nitro groups is 1. The quantitative estimate of drug-likeness (QED) is 0.0394. The second-order valence-corrected chi connectivity index (χ2v) is 9.24. The van der Waals surface area contributed by atoms with Gasteiger partial charge in [-0.15, -0.1) is 0 Å². The van der Waals surface area contributed by atoms with E-state index in [1.165, 1.54) is 52.1 Å². The molecule has 0 aromatic heterocycles. The monoisotopic (exact) mass is 642 g/mol. The summed E-state index contributed by atoms with van der Waals surface area (Å²) in [7, 11) is 1.39. The number of carboxylic acid groups (broad SMARTS) is 1. The third-order valence-corrected chi connectivity index (χ3v) is 5.83. The summed E-state index contributed by atoms with van der Waals surface area (Å²) in [5.41, 5.74) is -0.696. The molecule has 1 aliphatic rings. The maximum absolute atomic E-state index is 13.5. The van der Waals surface area contributed by atoms with Gasteiger partial charge < -0.3 is 33.6 Å². The van der Waals surface area contributed by atoms with Gasteiger partial charge in [-0.05, 0) is 39.3 Å². The van der Waals surface area contributed by atoms with Crippen LogP contribution in [0.4, 0.5) is 10.5 Å². The van der Waals surface area contributed by atoms with Crippen LogP contribution in [0.5, 0.6) is 0 Å². The number of ether oxygens (including phenoxy) is 5. The minimum Gasteiger partial charge on any atom is -0.545 e. The molecule has 1 heterocycles. The summed E-state index contributed by atoms with van der Waals surface area (Å²) in [5, 5.41) is 22.1. The Labute approximate surface area is 295 Å². The first kappa shape index (κ1) is 38.6. The molecule has 1 aromatic rings. The van der Waals surface area contributed by atoms with Gasteiger partial charge in [0.1, 0.15) is 6.61 Å². The van der Waals surface area contributed by atoms with Crippen LogP contribution in [-0.2, 0) is 42.9 Å². The van der Waals surface area contributed by atoms with Gasteiger partial charge in [0.2, 0.25) is 6.29 Å². The standard InChI is InChI=1S/C28H32N2O13.K/c1-15(2)41-27(35)24-17(4)29(28(36)43-18(5)42-22(33)11-10-21(31)32)16(3)23(26(34)40-13-12-39-6)25(24)19-8-7-9-20(14-19)30(37)38;/h7-11,14-15,18,25H,12-13H2,1-6H3,(H,31,32);/q;+1/p-1/b11-10+;. The van der Waals surface area contributed by atoms with Gasteiger partial charge in [-0.1, -0.05) is 12.1 Å². The molecule has 232 valence electrons. The number of allylic oxidation sites excluding steroid dienone is 2. The van der Waals surface area contributed by atoms with Gasteiger partial charge in [-0.25, -0.2) is 19.2 Å². The van der Waals surface area contributed by atoms with Crippen molar-refractivity contribution < 1.29 is 109 Å². The predicted molar refractivity (Wildman–Crippen MR) is 143 cm³/mol. The third-order valence-electron chi connectivity index (χ3n) is 5.83. The zero-order chi connectivity index (χ0) is 32.4. The third kappa shape index (κ3) is 10.3. The molecule has 2 rings (SSSR count). The Kier molecular flexibility index (Phi) is 15.6. The van der Waals surface area contributed by atoms with E-state index in [4.69, 9.17) is 23.7 Å². The smallest absolute Gasteiger partial charge is 0.545 e. The predicted octanol–water partition coefficient (Wildman–Crippen LogP) is -0.981. The van der Waals surface area contributed by atoms with Gasteiger partial charge in [-0.3, -0.25) is 15.0 Å². The van der Waals surface area contributed by atoms with E-state index in [2.05, 4.69) is 0 Å². The average Bonchev–Trinajstić information content (AvgIpc) is 2.91. The van der Waals surface area contributed by atoms with Crippen LogP contribution in [0.1, 0.15) is 46.1 Å². The minimum atomic E-state index is -1.65. The number of non-ortho nitro benzene ring substituents is 1. The summed E-state index contributed by atoms with van der Waals surface area (Å²) >= 11 is 0. The number of methoxy groups -OCH3 is 1. The second kappa shape index (κ2) is 17.8. The van der Waals surface area contributed by atoms with Crippen LogP contribution in [0.15, 0.2) is 59.0 Å². The van der Waals surface area contributed by atoms with Crippen molar-refractivity contribution in [3.63, 3.8) is 0 Å². The van der Waals surface area contributed by atoms with Gasteiger partial charge in [-0.2, -0.15) is 0 Å². The minimum absolute atomic E-state index is 0. The molecular formula is C28H31KN2O13. The molecule has 1 amide bonds. The number of nitro benzene ring substituents is 1. The number of hydrogen-bond acceptors (Lipinski definition) is 13. The molecule has 0 aliphatic carbocycles. The molecule has 2 unspecified atom stereocenters. The summed E-state index contributed by atoms with van der Waals surface area (Å²) in [5.74, 6) is -5.96. The van der Waals surface area contributed by atoms with Crippen molar-refractivity contribution in [2.75, 3.05) is 20.3 Å². The normalized spacial score (nSPS) is 15.4. The van der Waals surface area contributed by atoms with E-state index in [0.717, 1.165) is 4.90 Å². The number of carboxylic acids is 1. The van der Waals surface area contributed by atoms with Gasteiger partial charge in [0.25, 0.3) is 5.69 Å². The number of amides is 1. The van der Waals surface area contributed by atoms with Gasteiger partial charge in [0, 0.05) is 43.6 Å². The Balaban J connectivity index is 0.00000968. The van der Waals surface area contributed by atoms with Crippen molar-refractivity contribution >= 4 is 35.7 Å². The van der Waals surface area contributed by atoms with E-state index < -0.39 is 53.2 Å². The van der Waals surface area contributed by atoms with E-state index in [-0.39, 0.29) is 98.4 Å². The van der Waals surface area contributed by atoms with E-state index in [1.807, 2.05) is 0 Å². The van der Waals surface area contributed by atoms with Crippen molar-refractivity contribution in [3.8, 4) is 0 Å². The fraction of sp³-hybridized carbons (Fsp3) is 0.393. The van der Waals surface area contributed by atoms with Crippen LogP contribution in [-0.4, -0.2) is 72.5 Å². The van der Waals surface area contributed by atoms with Crippen molar-refractivity contribution in [3.05, 3.63) is 74.6 Å². The molecule has 0 saturated heterocycles. The van der Waals surface area contributed by atoms with Crippen molar-refractivity contribution in [1.82, 2.24) is 4.90 Å². The molecule has 15 nitrogen and oxygen atoms in total. The number of carbonyl (C=O) groups excluding carboxylic acids is 5. The molecule has 0 spiro atoms. The number of nitrogens with zero attached hydrogens (tertiary/aromatic N) is 2. The maximum atomic E-state index is 13.5. The van der Waals surface area contributed by atoms with Gasteiger partial charge in [0.15, 0.2) is 0 Å². The first-order chi connectivity index (χ1) is 20.2. The van der Waals surface area contributed by atoms with E-state index in [1.54, 1.807) is 13.8 Å². The fourth-order valence-electron chi connectivity index (χ4n) is 4.14. The first-order valence-electron chi connectivity index (χ1n) is 12.8. The average molecular weight is 643 g/mol. The molecule has 1 aliphatic heterocycles. The Bertz CT molecular complexity index is 1380. The Hall–Kier alpha value is -3.41. The molecule has 44 heavy (non-hydrogen) atoms. The van der Waals surface area contributed by atoms with Crippen LogP contribution in [0, 0.1) is 10.1 Å². The van der Waals surface area contributed by atoms with E-state index >= 15 is 0 Å². The molecule has 0 N–H and O–H groups in total. The molecule has 0 saturated carbocycles. The second-order valence-electron chi connectivity index (χ2n) is 9.24. The summed E-state index contributed by atoms with van der Waals surface area (Å²) in [4.78, 5) is 74.5. The summed E-state index contributed by atoms with van der Waals surface area (Å²) < 4.78 is 25.7. The topological polar surface area (TPSA) is 201 Å². The van der Waals surface area contributed by atoms with Crippen molar-refractivity contribution in [1.29, 1.82) is 0 Å². The molecule has 0 fully saturated rings. The first-order valence-corrected chi connectivity index (χ1v) is 12.8. The maximum Gasteiger partial charge on any atom is 1.00 e. The fourth-order valence-corrected chi connectivity index (χ4v) is 4.14. The molecule has 0 radical (unpaired) electrons. The van der Waals surface area contributed by atoms with Crippen molar-refractivity contribution in [2.45, 2.75) is 52.9 Å². The number of benzene rings is 1. The van der Waals surface area contributed by atoms with Crippen LogP contribution in [0.25, 0.3) is 0 Å². The summed E-state index contributed by atoms with van der Waals surface area (Å²) in [6, 6.07) is 5.27. The van der Waals surface area contributed by atoms with Crippen molar-refractivity contribution in [2.24, 2.45) is 0 Å². The summed E-state index contributed by atoms with van der Waals surface area (Å²) in [6.45, 7) is 6.90. The van der Waals surface area contributed by atoms with E-state index in [0.29, 0.717) is 12.2 Å².